The quantitative estimate of drug-likeness (QED) is 0.867. The van der Waals surface area contributed by atoms with Gasteiger partial charge in [0.05, 0.1) is 0 Å². The van der Waals surface area contributed by atoms with Crippen molar-refractivity contribution in [1.29, 1.82) is 0 Å². The molecule has 2 rings (SSSR count). The number of ether oxygens (including phenoxy) is 1. The van der Waals surface area contributed by atoms with Gasteiger partial charge in [0.1, 0.15) is 5.60 Å². The molecule has 1 N–H and O–H groups in total. The van der Waals surface area contributed by atoms with Crippen molar-refractivity contribution in [2.45, 2.75) is 71.4 Å². The second-order valence-corrected chi connectivity index (χ2v) is 7.84. The summed E-state index contributed by atoms with van der Waals surface area (Å²) >= 11 is 0. The molecule has 0 aromatic carbocycles. The van der Waals surface area contributed by atoms with Crippen molar-refractivity contribution >= 4 is 6.09 Å². The van der Waals surface area contributed by atoms with Crippen molar-refractivity contribution in [1.82, 2.24) is 10.2 Å². The number of hydrogen-bond donors (Lipinski definition) is 1. The van der Waals surface area contributed by atoms with Crippen molar-refractivity contribution in [3.05, 3.63) is 0 Å². The molecule has 3 unspecified atom stereocenters. The minimum atomic E-state index is -0.403. The predicted molar refractivity (Wildman–Crippen MR) is 85.3 cm³/mol. The Morgan fingerprint density at radius 3 is 2.62 bits per heavy atom. The fourth-order valence-electron chi connectivity index (χ4n) is 3.43. The van der Waals surface area contributed by atoms with Crippen LogP contribution in [0.5, 0.6) is 0 Å². The van der Waals surface area contributed by atoms with E-state index in [1.54, 1.807) is 0 Å². The molecular formula is C17H32N2O2. The van der Waals surface area contributed by atoms with Gasteiger partial charge in [0, 0.05) is 19.1 Å². The molecular weight excluding hydrogens is 264 g/mol. The molecule has 4 nitrogen and oxygen atoms in total. The minimum Gasteiger partial charge on any atom is -0.444 e. The first-order chi connectivity index (χ1) is 9.85. The van der Waals surface area contributed by atoms with Gasteiger partial charge in [0.25, 0.3) is 0 Å². The van der Waals surface area contributed by atoms with E-state index in [2.05, 4.69) is 12.2 Å². The lowest BCUT2D eigenvalue weighted by Crippen LogP contribution is -2.40. The average molecular weight is 296 g/mol. The van der Waals surface area contributed by atoms with Gasteiger partial charge in [-0.05, 0) is 52.0 Å². The van der Waals surface area contributed by atoms with E-state index in [9.17, 15) is 4.79 Å². The fourth-order valence-corrected chi connectivity index (χ4v) is 3.43. The van der Waals surface area contributed by atoms with Crippen LogP contribution in [0.15, 0.2) is 0 Å². The van der Waals surface area contributed by atoms with Crippen LogP contribution >= 0.6 is 0 Å². The smallest absolute Gasteiger partial charge is 0.410 e. The van der Waals surface area contributed by atoms with E-state index in [0.717, 1.165) is 37.9 Å². The predicted octanol–water partition coefficient (Wildman–Crippen LogP) is 3.41. The average Bonchev–Trinajstić information content (AvgIpc) is 2.85. The Hall–Kier alpha value is -0.770. The van der Waals surface area contributed by atoms with Gasteiger partial charge >= 0.3 is 6.09 Å². The minimum absolute atomic E-state index is 0.169. The number of carbonyl (C=O) groups excluding carboxylic acids is 1. The lowest BCUT2D eigenvalue weighted by atomic mass is 9.80. The Bertz CT molecular complexity index is 351. The molecule has 0 aromatic rings. The molecule has 4 heteroatoms. The van der Waals surface area contributed by atoms with E-state index in [-0.39, 0.29) is 6.09 Å². The number of nitrogens with zero attached hydrogens (tertiary/aromatic N) is 1. The summed E-state index contributed by atoms with van der Waals surface area (Å²) in [6.45, 7) is 10.8. The van der Waals surface area contributed by atoms with Crippen LogP contribution in [0.3, 0.4) is 0 Å². The number of hydrogen-bond acceptors (Lipinski definition) is 3. The zero-order valence-corrected chi connectivity index (χ0v) is 14.2. The summed E-state index contributed by atoms with van der Waals surface area (Å²) in [5.41, 5.74) is -0.403. The Kier molecular flexibility index (Phi) is 5.53. The molecule has 2 aliphatic rings. The highest BCUT2D eigenvalue weighted by atomic mass is 16.6. The summed E-state index contributed by atoms with van der Waals surface area (Å²) < 4.78 is 5.44. The van der Waals surface area contributed by atoms with E-state index in [1.165, 1.54) is 25.7 Å². The largest absolute Gasteiger partial charge is 0.444 e. The fraction of sp³-hybridized carbons (Fsp3) is 0.941. The van der Waals surface area contributed by atoms with Crippen molar-refractivity contribution in [3.8, 4) is 0 Å². The number of nitrogens with one attached hydrogen (secondary N) is 1. The second-order valence-electron chi connectivity index (χ2n) is 7.84. The first-order valence-electron chi connectivity index (χ1n) is 8.56. The van der Waals surface area contributed by atoms with Gasteiger partial charge in [-0.15, -0.1) is 0 Å². The Balaban J connectivity index is 1.71. The highest BCUT2D eigenvalue weighted by Crippen LogP contribution is 2.29. The number of rotatable bonds is 3. The van der Waals surface area contributed by atoms with Crippen LogP contribution in [0.1, 0.15) is 59.8 Å². The van der Waals surface area contributed by atoms with Gasteiger partial charge in [0.15, 0.2) is 0 Å². The van der Waals surface area contributed by atoms with Crippen molar-refractivity contribution < 1.29 is 9.53 Å². The monoisotopic (exact) mass is 296 g/mol. The molecule has 1 amide bonds. The molecule has 122 valence electrons. The second kappa shape index (κ2) is 6.99. The van der Waals surface area contributed by atoms with Crippen LogP contribution in [-0.4, -0.2) is 42.3 Å². The molecule has 3 atom stereocenters. The topological polar surface area (TPSA) is 41.6 Å². The lowest BCUT2D eigenvalue weighted by molar-refractivity contribution is 0.0290. The Labute approximate surface area is 129 Å². The van der Waals surface area contributed by atoms with E-state index >= 15 is 0 Å². The number of amides is 1. The highest BCUT2D eigenvalue weighted by molar-refractivity contribution is 5.68. The molecule has 1 saturated carbocycles. The van der Waals surface area contributed by atoms with Crippen LogP contribution in [-0.2, 0) is 4.74 Å². The number of likely N-dealkylation sites (tertiary alicyclic amines) is 1. The molecule has 2 fully saturated rings. The van der Waals surface area contributed by atoms with E-state index in [4.69, 9.17) is 4.74 Å². The van der Waals surface area contributed by atoms with Gasteiger partial charge in [0.2, 0.25) is 0 Å². The summed E-state index contributed by atoms with van der Waals surface area (Å²) in [6.07, 6.45) is 6.38. The standard InChI is InChI=1S/C17H32N2O2/c1-13-7-5-6-8-14(13)11-18-15-9-10-19(12-15)16(20)21-17(2,3)4/h13-15,18H,5-12H2,1-4H3. The van der Waals surface area contributed by atoms with Gasteiger partial charge in [-0.25, -0.2) is 4.79 Å². The molecule has 1 heterocycles. The summed E-state index contributed by atoms with van der Waals surface area (Å²) in [5, 5.41) is 3.68. The molecule has 0 bridgehead atoms. The van der Waals surface area contributed by atoms with Gasteiger partial charge in [-0.2, -0.15) is 0 Å². The summed E-state index contributed by atoms with van der Waals surface area (Å²) in [7, 11) is 0. The Morgan fingerprint density at radius 2 is 1.95 bits per heavy atom. The van der Waals surface area contributed by atoms with Gasteiger partial charge in [-0.1, -0.05) is 26.2 Å². The van der Waals surface area contributed by atoms with Crippen LogP contribution < -0.4 is 5.32 Å². The zero-order chi connectivity index (χ0) is 15.5. The highest BCUT2D eigenvalue weighted by Gasteiger charge is 2.30. The van der Waals surface area contributed by atoms with E-state index < -0.39 is 5.60 Å². The van der Waals surface area contributed by atoms with Gasteiger partial charge in [-0.3, -0.25) is 0 Å². The van der Waals surface area contributed by atoms with E-state index in [1.807, 2.05) is 25.7 Å². The normalized spacial score (nSPS) is 30.5. The van der Waals surface area contributed by atoms with Crippen LogP contribution in [0, 0.1) is 11.8 Å². The van der Waals surface area contributed by atoms with Crippen LogP contribution in [0.4, 0.5) is 4.79 Å². The molecule has 21 heavy (non-hydrogen) atoms. The third kappa shape index (κ3) is 5.17. The summed E-state index contributed by atoms with van der Waals surface area (Å²) in [4.78, 5) is 13.9. The zero-order valence-electron chi connectivity index (χ0n) is 14.2. The van der Waals surface area contributed by atoms with Crippen LogP contribution in [0.25, 0.3) is 0 Å². The maximum absolute atomic E-state index is 12.0. The first kappa shape index (κ1) is 16.6. The van der Waals surface area contributed by atoms with E-state index in [0.29, 0.717) is 6.04 Å². The molecule has 1 aliphatic heterocycles. The Morgan fingerprint density at radius 1 is 1.24 bits per heavy atom. The molecule has 0 radical (unpaired) electrons. The summed E-state index contributed by atoms with van der Waals surface area (Å²) in [6, 6.07) is 0.437. The van der Waals surface area contributed by atoms with Crippen molar-refractivity contribution in [2.75, 3.05) is 19.6 Å². The third-order valence-corrected chi connectivity index (χ3v) is 4.80. The first-order valence-corrected chi connectivity index (χ1v) is 8.56. The summed E-state index contributed by atoms with van der Waals surface area (Å²) in [5.74, 6) is 1.66. The molecule has 0 spiro atoms. The lowest BCUT2D eigenvalue weighted by Gasteiger charge is -2.30. The van der Waals surface area contributed by atoms with Gasteiger partial charge < -0.3 is 15.0 Å². The number of carbonyl (C=O) groups is 1. The maximum atomic E-state index is 12.0. The van der Waals surface area contributed by atoms with Crippen molar-refractivity contribution in [3.63, 3.8) is 0 Å². The third-order valence-electron chi connectivity index (χ3n) is 4.80. The molecule has 1 saturated heterocycles. The molecule has 0 aromatic heterocycles. The van der Waals surface area contributed by atoms with Crippen LogP contribution in [0.2, 0.25) is 0 Å². The SMILES string of the molecule is CC1CCCCC1CNC1CCN(C(=O)OC(C)(C)C)C1. The maximum Gasteiger partial charge on any atom is 0.410 e. The molecule has 1 aliphatic carbocycles. The van der Waals surface area contributed by atoms with Crippen molar-refractivity contribution in [2.24, 2.45) is 11.8 Å².